The van der Waals surface area contributed by atoms with E-state index in [1.165, 1.54) is 33.9 Å². The Balaban J connectivity index is 0.00000196. The second-order valence-corrected chi connectivity index (χ2v) is 3.80. The van der Waals surface area contributed by atoms with E-state index in [-0.39, 0.29) is 19.8 Å². The van der Waals surface area contributed by atoms with Crippen molar-refractivity contribution < 1.29 is 24.6 Å². The Morgan fingerprint density at radius 3 is 1.47 bits per heavy atom. The topological polar surface area (TPSA) is 17.1 Å². The number of benzene rings is 1. The van der Waals surface area contributed by atoms with Gasteiger partial charge in [-0.3, -0.25) is 0 Å². The predicted molar refractivity (Wildman–Crippen MR) is 60.3 cm³/mol. The van der Waals surface area contributed by atoms with Crippen LogP contribution in [0.25, 0.3) is 6.08 Å². The summed E-state index contributed by atoms with van der Waals surface area (Å²) in [6.45, 7) is 10.4. The zero-order valence-corrected chi connectivity index (χ0v) is 12.4. The Labute approximate surface area is 105 Å². The van der Waals surface area contributed by atoms with Gasteiger partial charge in [0.1, 0.15) is 5.94 Å². The smallest absolute Gasteiger partial charge is 0.125 e. The van der Waals surface area contributed by atoms with Gasteiger partial charge in [0.05, 0.1) is 0 Å². The van der Waals surface area contributed by atoms with Gasteiger partial charge in [-0.05, 0) is 68.0 Å². The first-order valence-electron chi connectivity index (χ1n) is 4.78. The van der Waals surface area contributed by atoms with Crippen LogP contribution in [0.5, 0.6) is 0 Å². The molecule has 15 heavy (non-hydrogen) atoms. The average Bonchev–Trinajstić information content (AvgIpc) is 2.19. The number of hydrogen-bond acceptors (Lipinski definition) is 1. The Hall–Kier alpha value is -0.694. The van der Waals surface area contributed by atoms with Crippen LogP contribution in [-0.4, -0.2) is 5.94 Å². The fourth-order valence-corrected chi connectivity index (χ4v) is 1.80. The fraction of sp³-hybridized carbons (Fsp3) is 0.385. The Bertz CT molecular complexity index is 398. The molecular formula is C13H16OOs. The van der Waals surface area contributed by atoms with Crippen molar-refractivity contribution in [3.05, 3.63) is 33.4 Å². The van der Waals surface area contributed by atoms with Crippen molar-refractivity contribution in [2.24, 2.45) is 0 Å². The molecule has 0 N–H and O–H groups in total. The van der Waals surface area contributed by atoms with Gasteiger partial charge >= 0.3 is 0 Å². The number of hydrogen-bond donors (Lipinski definition) is 0. The van der Waals surface area contributed by atoms with Crippen LogP contribution in [0, 0.1) is 34.6 Å². The molecule has 0 aliphatic heterocycles. The van der Waals surface area contributed by atoms with Crippen LogP contribution in [-0.2, 0) is 24.6 Å². The summed E-state index contributed by atoms with van der Waals surface area (Å²) >= 11 is 0. The maximum atomic E-state index is 10.4. The molecule has 1 rings (SSSR count). The maximum absolute atomic E-state index is 10.4. The summed E-state index contributed by atoms with van der Waals surface area (Å²) in [5.41, 5.74) is 7.27. The first-order valence-corrected chi connectivity index (χ1v) is 4.78. The first kappa shape index (κ1) is 14.3. The molecule has 0 fully saturated rings. The third kappa shape index (κ3) is 2.46. The molecular weight excluding hydrogens is 362 g/mol. The van der Waals surface area contributed by atoms with Crippen molar-refractivity contribution in [2.75, 3.05) is 0 Å². The Morgan fingerprint density at radius 2 is 1.13 bits per heavy atom. The molecule has 1 aromatic rings. The number of rotatable bonds is 1. The Kier molecular flexibility index (Phi) is 5.16. The van der Waals surface area contributed by atoms with Crippen molar-refractivity contribution in [1.29, 1.82) is 0 Å². The molecule has 0 saturated heterocycles. The monoisotopic (exact) mass is 380 g/mol. The summed E-state index contributed by atoms with van der Waals surface area (Å²) in [6, 6.07) is 0. The Morgan fingerprint density at radius 1 is 0.800 bits per heavy atom. The second kappa shape index (κ2) is 5.41. The van der Waals surface area contributed by atoms with Crippen LogP contribution in [0.4, 0.5) is 0 Å². The minimum absolute atomic E-state index is 0. The summed E-state index contributed by atoms with van der Waals surface area (Å²) in [4.78, 5) is 10.4. The van der Waals surface area contributed by atoms with Crippen molar-refractivity contribution in [3.8, 4) is 0 Å². The van der Waals surface area contributed by atoms with Gasteiger partial charge in [-0.15, -0.1) is 0 Å². The molecule has 0 unspecified atom stereocenters. The van der Waals surface area contributed by atoms with Gasteiger partial charge in [-0.1, -0.05) is 0 Å². The molecule has 1 nitrogen and oxygen atoms in total. The van der Waals surface area contributed by atoms with Crippen LogP contribution in [0.2, 0.25) is 0 Å². The van der Waals surface area contributed by atoms with E-state index in [2.05, 4.69) is 34.6 Å². The van der Waals surface area contributed by atoms with Gasteiger partial charge in [0, 0.05) is 25.9 Å². The van der Waals surface area contributed by atoms with Gasteiger partial charge < -0.3 is 0 Å². The summed E-state index contributed by atoms with van der Waals surface area (Å²) in [5, 5.41) is 0. The number of carbonyl (C=O) groups excluding carboxylic acids is 1. The van der Waals surface area contributed by atoms with E-state index in [0.29, 0.717) is 0 Å². The summed E-state index contributed by atoms with van der Waals surface area (Å²) in [6.07, 6.45) is 1.53. The predicted octanol–water partition coefficient (Wildman–Crippen LogP) is 3.07. The molecule has 0 saturated carbocycles. The molecule has 0 heterocycles. The molecule has 0 spiro atoms. The zero-order chi connectivity index (χ0) is 10.9. The van der Waals surface area contributed by atoms with Gasteiger partial charge in [0.25, 0.3) is 0 Å². The quantitative estimate of drug-likeness (QED) is 0.687. The van der Waals surface area contributed by atoms with E-state index in [9.17, 15) is 4.79 Å². The van der Waals surface area contributed by atoms with Crippen LogP contribution in [0.15, 0.2) is 0 Å². The molecule has 2 heteroatoms. The van der Waals surface area contributed by atoms with E-state index in [1.807, 2.05) is 5.94 Å². The molecule has 0 atom stereocenters. The van der Waals surface area contributed by atoms with Crippen molar-refractivity contribution in [2.45, 2.75) is 34.6 Å². The molecule has 82 valence electrons. The molecule has 1 aromatic carbocycles. The van der Waals surface area contributed by atoms with E-state index in [1.54, 1.807) is 0 Å². The van der Waals surface area contributed by atoms with Crippen LogP contribution < -0.4 is 0 Å². The third-order valence-electron chi connectivity index (χ3n) is 3.26. The standard InChI is InChI=1S/C13H16O.Os/c1-8-9(2)11(4)13(6-7-14)12(5)10(8)3;/h6H,1-5H3;. The van der Waals surface area contributed by atoms with Gasteiger partial charge in [0.2, 0.25) is 0 Å². The van der Waals surface area contributed by atoms with E-state index >= 15 is 0 Å². The first-order chi connectivity index (χ1) is 6.50. The minimum atomic E-state index is 0. The summed E-state index contributed by atoms with van der Waals surface area (Å²) in [5.74, 6) is 1.86. The largest absolute Gasteiger partial charge is 0.233 e. The molecule has 0 aromatic heterocycles. The van der Waals surface area contributed by atoms with Gasteiger partial charge in [0.15, 0.2) is 0 Å². The van der Waals surface area contributed by atoms with E-state index < -0.39 is 0 Å². The average molecular weight is 378 g/mol. The van der Waals surface area contributed by atoms with Crippen molar-refractivity contribution >= 4 is 12.0 Å². The molecule has 0 radical (unpaired) electrons. The third-order valence-corrected chi connectivity index (χ3v) is 3.26. The SMILES string of the molecule is Cc1c(C)c(C)c(C=C=O)c(C)c1C.[Os]. The summed E-state index contributed by atoms with van der Waals surface area (Å²) in [7, 11) is 0. The van der Waals surface area contributed by atoms with Gasteiger partial charge in [-0.2, -0.15) is 0 Å². The molecule has 0 aliphatic rings. The fourth-order valence-electron chi connectivity index (χ4n) is 1.80. The molecule has 0 bridgehead atoms. The normalized spacial score (nSPS) is 9.13. The van der Waals surface area contributed by atoms with Crippen molar-refractivity contribution in [1.82, 2.24) is 0 Å². The van der Waals surface area contributed by atoms with E-state index in [4.69, 9.17) is 0 Å². The molecule has 0 aliphatic carbocycles. The summed E-state index contributed by atoms with van der Waals surface area (Å²) < 4.78 is 0. The van der Waals surface area contributed by atoms with Crippen LogP contribution >= 0.6 is 0 Å². The van der Waals surface area contributed by atoms with Crippen molar-refractivity contribution in [3.63, 3.8) is 0 Å². The molecule has 0 amide bonds. The van der Waals surface area contributed by atoms with Crippen LogP contribution in [0.1, 0.15) is 33.4 Å². The minimum Gasteiger partial charge on any atom is -0.233 e. The maximum Gasteiger partial charge on any atom is 0.125 e. The van der Waals surface area contributed by atoms with E-state index in [0.717, 1.165) is 5.56 Å². The van der Waals surface area contributed by atoms with Crippen LogP contribution in [0.3, 0.4) is 0 Å². The second-order valence-electron chi connectivity index (χ2n) is 3.80. The van der Waals surface area contributed by atoms with Gasteiger partial charge in [-0.25, -0.2) is 4.79 Å². The zero-order valence-electron chi connectivity index (χ0n) is 9.84.